The monoisotopic (exact) mass is 391 g/mol. The normalized spacial score (nSPS) is 11.5. The standard InChI is InChI=1S/C14H23Br2N3/c1-11(2)19(3)7-5-4-6-17-10-14-13(16)8-12(15)9-18-14/h8-9,11,17H,4-7,10H2,1-3H3. The zero-order valence-electron chi connectivity index (χ0n) is 11.9. The van der Waals surface area contributed by atoms with E-state index in [2.05, 4.69) is 68.0 Å². The molecule has 0 radical (unpaired) electrons. The Morgan fingerprint density at radius 1 is 1.32 bits per heavy atom. The van der Waals surface area contributed by atoms with E-state index in [4.69, 9.17) is 0 Å². The van der Waals surface area contributed by atoms with Crippen LogP contribution in [0.5, 0.6) is 0 Å². The summed E-state index contributed by atoms with van der Waals surface area (Å²) in [5.41, 5.74) is 1.06. The lowest BCUT2D eigenvalue weighted by Gasteiger charge is -2.20. The molecular formula is C14H23Br2N3. The van der Waals surface area contributed by atoms with Gasteiger partial charge in [0.25, 0.3) is 0 Å². The van der Waals surface area contributed by atoms with Gasteiger partial charge in [0.2, 0.25) is 0 Å². The number of hydrogen-bond donors (Lipinski definition) is 1. The van der Waals surface area contributed by atoms with Crippen LogP contribution in [0.4, 0.5) is 0 Å². The second-order valence-electron chi connectivity index (χ2n) is 5.04. The van der Waals surface area contributed by atoms with E-state index in [0.29, 0.717) is 6.04 Å². The van der Waals surface area contributed by atoms with Crippen LogP contribution in [-0.2, 0) is 6.54 Å². The molecule has 19 heavy (non-hydrogen) atoms. The first kappa shape index (κ1) is 17.1. The molecule has 0 unspecified atom stereocenters. The van der Waals surface area contributed by atoms with E-state index >= 15 is 0 Å². The molecule has 0 aliphatic carbocycles. The Balaban J connectivity index is 2.14. The molecule has 0 aliphatic heterocycles. The smallest absolute Gasteiger partial charge is 0.0684 e. The molecule has 0 bridgehead atoms. The molecule has 1 aromatic heterocycles. The quantitative estimate of drug-likeness (QED) is 0.681. The molecule has 1 aromatic rings. The minimum absolute atomic E-state index is 0.635. The number of halogens is 2. The van der Waals surface area contributed by atoms with Crippen LogP contribution in [-0.4, -0.2) is 36.1 Å². The maximum absolute atomic E-state index is 4.38. The maximum atomic E-state index is 4.38. The number of hydrogen-bond acceptors (Lipinski definition) is 3. The van der Waals surface area contributed by atoms with Gasteiger partial charge in [-0.15, -0.1) is 0 Å². The SMILES string of the molecule is CC(C)N(C)CCCCNCc1ncc(Br)cc1Br. The lowest BCUT2D eigenvalue weighted by Crippen LogP contribution is -2.27. The van der Waals surface area contributed by atoms with Gasteiger partial charge in [-0.05, 0) is 84.8 Å². The molecule has 0 atom stereocenters. The molecule has 0 aliphatic rings. The molecule has 0 saturated heterocycles. The van der Waals surface area contributed by atoms with E-state index in [-0.39, 0.29) is 0 Å². The van der Waals surface area contributed by atoms with E-state index in [0.717, 1.165) is 27.7 Å². The van der Waals surface area contributed by atoms with Gasteiger partial charge >= 0.3 is 0 Å². The average molecular weight is 393 g/mol. The first-order valence-electron chi connectivity index (χ1n) is 6.71. The zero-order chi connectivity index (χ0) is 14.3. The van der Waals surface area contributed by atoms with Crippen molar-refractivity contribution < 1.29 is 0 Å². The van der Waals surface area contributed by atoms with Crippen LogP contribution in [0.2, 0.25) is 0 Å². The summed E-state index contributed by atoms with van der Waals surface area (Å²) in [5.74, 6) is 0. The largest absolute Gasteiger partial charge is 0.311 e. The van der Waals surface area contributed by atoms with Crippen molar-refractivity contribution in [1.29, 1.82) is 0 Å². The van der Waals surface area contributed by atoms with E-state index in [1.807, 2.05) is 12.3 Å². The van der Waals surface area contributed by atoms with Crippen LogP contribution < -0.4 is 5.32 Å². The summed E-state index contributed by atoms with van der Waals surface area (Å²) in [7, 11) is 2.18. The van der Waals surface area contributed by atoms with Crippen LogP contribution in [0.15, 0.2) is 21.2 Å². The first-order chi connectivity index (χ1) is 9.00. The Morgan fingerprint density at radius 3 is 2.68 bits per heavy atom. The summed E-state index contributed by atoms with van der Waals surface area (Å²) >= 11 is 6.93. The molecule has 5 heteroatoms. The number of nitrogens with zero attached hydrogens (tertiary/aromatic N) is 2. The number of nitrogens with one attached hydrogen (secondary N) is 1. The van der Waals surface area contributed by atoms with Crippen molar-refractivity contribution in [2.75, 3.05) is 20.1 Å². The van der Waals surface area contributed by atoms with Crippen molar-refractivity contribution in [2.45, 2.75) is 39.3 Å². The van der Waals surface area contributed by atoms with E-state index in [1.54, 1.807) is 0 Å². The first-order valence-corrected chi connectivity index (χ1v) is 8.30. The Kier molecular flexibility index (Phi) is 8.14. The summed E-state index contributed by atoms with van der Waals surface area (Å²) in [6.07, 6.45) is 4.27. The van der Waals surface area contributed by atoms with Crippen LogP contribution in [0.25, 0.3) is 0 Å². The molecule has 3 nitrogen and oxygen atoms in total. The molecular weight excluding hydrogens is 370 g/mol. The van der Waals surface area contributed by atoms with Crippen molar-refractivity contribution in [3.05, 3.63) is 26.9 Å². The molecule has 108 valence electrons. The Labute approximate surface area is 133 Å². The van der Waals surface area contributed by atoms with E-state index < -0.39 is 0 Å². The van der Waals surface area contributed by atoms with Crippen molar-refractivity contribution in [3.63, 3.8) is 0 Å². The molecule has 0 fully saturated rings. The minimum atomic E-state index is 0.635. The highest BCUT2D eigenvalue weighted by molar-refractivity contribution is 9.11. The predicted molar refractivity (Wildman–Crippen MR) is 88.3 cm³/mol. The maximum Gasteiger partial charge on any atom is 0.0684 e. The van der Waals surface area contributed by atoms with Gasteiger partial charge < -0.3 is 10.2 Å². The third-order valence-corrected chi connectivity index (χ3v) is 4.29. The lowest BCUT2D eigenvalue weighted by atomic mass is 10.2. The highest BCUT2D eigenvalue weighted by Crippen LogP contribution is 2.19. The van der Waals surface area contributed by atoms with Crippen molar-refractivity contribution in [1.82, 2.24) is 15.2 Å². The van der Waals surface area contributed by atoms with Gasteiger partial charge in [-0.2, -0.15) is 0 Å². The van der Waals surface area contributed by atoms with Crippen LogP contribution in [0.1, 0.15) is 32.4 Å². The second-order valence-corrected chi connectivity index (χ2v) is 6.81. The summed E-state index contributed by atoms with van der Waals surface area (Å²) in [5, 5.41) is 3.44. The Bertz CT molecular complexity index is 383. The fourth-order valence-electron chi connectivity index (χ4n) is 1.65. The molecule has 1 rings (SSSR count). The van der Waals surface area contributed by atoms with Gasteiger partial charge in [-0.25, -0.2) is 0 Å². The Hall–Kier alpha value is 0.0300. The third-order valence-electron chi connectivity index (χ3n) is 3.17. The summed E-state index contributed by atoms with van der Waals surface area (Å²) in [6, 6.07) is 2.66. The molecule has 0 aromatic carbocycles. The summed E-state index contributed by atoms with van der Waals surface area (Å²) in [6.45, 7) is 7.48. The van der Waals surface area contributed by atoms with Gasteiger partial charge in [-0.1, -0.05) is 0 Å². The third kappa shape index (κ3) is 6.84. The second kappa shape index (κ2) is 9.06. The summed E-state index contributed by atoms with van der Waals surface area (Å²) in [4.78, 5) is 6.76. The van der Waals surface area contributed by atoms with Gasteiger partial charge in [0.1, 0.15) is 0 Å². The van der Waals surface area contributed by atoms with Gasteiger partial charge in [0, 0.05) is 27.7 Å². The molecule has 0 saturated carbocycles. The van der Waals surface area contributed by atoms with Crippen molar-refractivity contribution >= 4 is 31.9 Å². The fraction of sp³-hybridized carbons (Fsp3) is 0.643. The van der Waals surface area contributed by atoms with Crippen LogP contribution >= 0.6 is 31.9 Å². The number of aromatic nitrogens is 1. The van der Waals surface area contributed by atoms with Crippen molar-refractivity contribution in [2.24, 2.45) is 0 Å². The zero-order valence-corrected chi connectivity index (χ0v) is 15.1. The molecule has 1 N–H and O–H groups in total. The number of unbranched alkanes of at least 4 members (excludes halogenated alkanes) is 1. The number of rotatable bonds is 8. The van der Waals surface area contributed by atoms with E-state index in [1.165, 1.54) is 19.4 Å². The van der Waals surface area contributed by atoms with Crippen molar-refractivity contribution in [3.8, 4) is 0 Å². The molecule has 0 amide bonds. The number of pyridine rings is 1. The topological polar surface area (TPSA) is 28.2 Å². The van der Waals surface area contributed by atoms with Gasteiger partial charge in [0.15, 0.2) is 0 Å². The van der Waals surface area contributed by atoms with E-state index in [9.17, 15) is 0 Å². The highest BCUT2D eigenvalue weighted by Gasteiger charge is 2.03. The predicted octanol–water partition coefficient (Wildman–Crippen LogP) is 3.82. The molecule has 1 heterocycles. The highest BCUT2D eigenvalue weighted by atomic mass is 79.9. The van der Waals surface area contributed by atoms with Crippen LogP contribution in [0, 0.1) is 0 Å². The minimum Gasteiger partial charge on any atom is -0.311 e. The molecule has 0 spiro atoms. The average Bonchev–Trinajstić information content (AvgIpc) is 2.35. The van der Waals surface area contributed by atoms with Crippen LogP contribution in [0.3, 0.4) is 0 Å². The summed E-state index contributed by atoms with van der Waals surface area (Å²) < 4.78 is 2.05. The fourth-order valence-corrected chi connectivity index (χ4v) is 2.78. The Morgan fingerprint density at radius 2 is 2.05 bits per heavy atom. The van der Waals surface area contributed by atoms with Gasteiger partial charge in [0.05, 0.1) is 5.69 Å². The lowest BCUT2D eigenvalue weighted by molar-refractivity contribution is 0.268. The van der Waals surface area contributed by atoms with Gasteiger partial charge in [-0.3, -0.25) is 4.98 Å².